The van der Waals surface area contributed by atoms with E-state index in [9.17, 15) is 15.0 Å². The number of rotatable bonds is 7. The Morgan fingerprint density at radius 2 is 1.90 bits per heavy atom. The quantitative estimate of drug-likeness (QED) is 0.555. The Bertz CT molecular complexity index is 819. The molecule has 0 saturated carbocycles. The van der Waals surface area contributed by atoms with Gasteiger partial charge in [-0.05, 0) is 49.6 Å². The third-order valence-electron chi connectivity index (χ3n) is 5.27. The number of piperidine rings is 1. The fourth-order valence-corrected chi connectivity index (χ4v) is 3.79. The number of hydrogen-bond donors (Lipinski definition) is 4. The van der Waals surface area contributed by atoms with Crippen molar-refractivity contribution in [3.63, 3.8) is 0 Å². The highest BCUT2D eigenvalue weighted by Crippen LogP contribution is 2.26. The van der Waals surface area contributed by atoms with Crippen molar-refractivity contribution in [1.29, 1.82) is 0 Å². The number of anilines is 2. The van der Waals surface area contributed by atoms with Gasteiger partial charge in [-0.1, -0.05) is 29.8 Å². The predicted molar refractivity (Wildman–Crippen MR) is 116 cm³/mol. The number of aliphatic hydroxyl groups is 2. The van der Waals surface area contributed by atoms with Gasteiger partial charge in [-0.15, -0.1) is 0 Å². The molecule has 4 N–H and O–H groups in total. The maximum Gasteiger partial charge on any atom is 0.238 e. The van der Waals surface area contributed by atoms with Gasteiger partial charge >= 0.3 is 0 Å². The van der Waals surface area contributed by atoms with E-state index in [1.54, 1.807) is 25.1 Å². The summed E-state index contributed by atoms with van der Waals surface area (Å²) in [5, 5.41) is 26.0. The number of aliphatic hydroxyl groups excluding tert-OH is 2. The maximum absolute atomic E-state index is 12.3. The first-order valence-corrected chi connectivity index (χ1v) is 10.3. The summed E-state index contributed by atoms with van der Waals surface area (Å²) in [7, 11) is 0. The Morgan fingerprint density at radius 1 is 1.21 bits per heavy atom. The highest BCUT2D eigenvalue weighted by molar-refractivity contribution is 6.31. The standard InChI is InChI=1S/C22H28ClN3O3/c1-15(28)16-5-7-17(8-6-16)25-22(29)13-26-11-9-18(10-12-26)24-21-4-2-3-20(23)19(21)14-27/h2-8,15,18,24,27-28H,9-14H2,1H3,(H,25,29). The molecule has 3 rings (SSSR count). The molecule has 1 saturated heterocycles. The van der Waals surface area contributed by atoms with E-state index in [1.165, 1.54) is 0 Å². The molecule has 1 aliphatic rings. The van der Waals surface area contributed by atoms with Gasteiger partial charge in [0.25, 0.3) is 0 Å². The minimum atomic E-state index is -0.518. The molecule has 1 unspecified atom stereocenters. The summed E-state index contributed by atoms with van der Waals surface area (Å²) in [6.45, 7) is 3.61. The SMILES string of the molecule is CC(O)c1ccc(NC(=O)CN2CCC(Nc3cccc(Cl)c3CO)CC2)cc1. The lowest BCUT2D eigenvalue weighted by atomic mass is 10.0. The Balaban J connectivity index is 1.46. The van der Waals surface area contributed by atoms with E-state index >= 15 is 0 Å². The first-order valence-electron chi connectivity index (χ1n) is 9.91. The zero-order valence-corrected chi connectivity index (χ0v) is 17.3. The second-order valence-electron chi connectivity index (χ2n) is 7.46. The number of carbonyl (C=O) groups excluding carboxylic acids is 1. The molecule has 1 amide bonds. The minimum Gasteiger partial charge on any atom is -0.392 e. The number of halogens is 1. The zero-order chi connectivity index (χ0) is 20.8. The lowest BCUT2D eigenvalue weighted by Crippen LogP contribution is -2.42. The predicted octanol–water partition coefficient (Wildman–Crippen LogP) is 3.40. The van der Waals surface area contributed by atoms with Crippen LogP contribution in [0, 0.1) is 0 Å². The van der Waals surface area contributed by atoms with E-state index in [4.69, 9.17) is 11.6 Å². The third-order valence-corrected chi connectivity index (χ3v) is 5.62. The van der Waals surface area contributed by atoms with Crippen molar-refractivity contribution in [1.82, 2.24) is 4.90 Å². The van der Waals surface area contributed by atoms with Crippen molar-refractivity contribution in [2.45, 2.75) is 38.5 Å². The lowest BCUT2D eigenvalue weighted by molar-refractivity contribution is -0.117. The van der Waals surface area contributed by atoms with E-state index in [0.29, 0.717) is 11.6 Å². The monoisotopic (exact) mass is 417 g/mol. The van der Waals surface area contributed by atoms with Crippen LogP contribution in [0.1, 0.15) is 37.0 Å². The van der Waals surface area contributed by atoms with Gasteiger partial charge in [0.2, 0.25) is 5.91 Å². The molecule has 7 heteroatoms. The average molecular weight is 418 g/mol. The molecule has 1 heterocycles. The number of likely N-dealkylation sites (tertiary alicyclic amines) is 1. The first-order chi connectivity index (χ1) is 14.0. The van der Waals surface area contributed by atoms with Crippen molar-refractivity contribution in [2.75, 3.05) is 30.3 Å². The summed E-state index contributed by atoms with van der Waals surface area (Å²) in [4.78, 5) is 14.5. The van der Waals surface area contributed by atoms with Crippen molar-refractivity contribution in [3.8, 4) is 0 Å². The number of nitrogens with one attached hydrogen (secondary N) is 2. The van der Waals surface area contributed by atoms with Gasteiger partial charge in [0.1, 0.15) is 0 Å². The average Bonchev–Trinajstić information content (AvgIpc) is 2.70. The van der Waals surface area contributed by atoms with E-state index in [0.717, 1.165) is 48.4 Å². The van der Waals surface area contributed by atoms with Crippen LogP contribution in [0.3, 0.4) is 0 Å². The zero-order valence-electron chi connectivity index (χ0n) is 16.6. The molecule has 2 aromatic carbocycles. The van der Waals surface area contributed by atoms with Gasteiger partial charge in [-0.3, -0.25) is 9.69 Å². The van der Waals surface area contributed by atoms with Crippen LogP contribution in [0.2, 0.25) is 5.02 Å². The molecule has 1 aliphatic heterocycles. The minimum absolute atomic E-state index is 0.0429. The van der Waals surface area contributed by atoms with E-state index in [-0.39, 0.29) is 18.6 Å². The molecule has 1 atom stereocenters. The number of benzene rings is 2. The normalized spacial score (nSPS) is 16.4. The smallest absolute Gasteiger partial charge is 0.238 e. The second kappa shape index (κ2) is 10.1. The van der Waals surface area contributed by atoms with Crippen LogP contribution in [0.4, 0.5) is 11.4 Å². The molecule has 1 fully saturated rings. The molecule has 6 nitrogen and oxygen atoms in total. The molecule has 156 valence electrons. The van der Waals surface area contributed by atoms with E-state index < -0.39 is 6.10 Å². The van der Waals surface area contributed by atoms with Gasteiger partial charge in [-0.2, -0.15) is 0 Å². The summed E-state index contributed by atoms with van der Waals surface area (Å²) < 4.78 is 0. The first kappa shape index (κ1) is 21.6. The van der Waals surface area contributed by atoms with Crippen LogP contribution < -0.4 is 10.6 Å². The summed E-state index contributed by atoms with van der Waals surface area (Å²) in [5.74, 6) is -0.0429. The van der Waals surface area contributed by atoms with Crippen molar-refractivity contribution < 1.29 is 15.0 Å². The number of amides is 1. The van der Waals surface area contributed by atoms with Gasteiger partial charge in [-0.25, -0.2) is 0 Å². The molecule has 29 heavy (non-hydrogen) atoms. The van der Waals surface area contributed by atoms with E-state index in [2.05, 4.69) is 15.5 Å². The van der Waals surface area contributed by atoms with Crippen LogP contribution in [0.15, 0.2) is 42.5 Å². The summed E-state index contributed by atoms with van der Waals surface area (Å²) in [5.41, 5.74) is 3.14. The molecule has 0 aliphatic carbocycles. The largest absolute Gasteiger partial charge is 0.392 e. The van der Waals surface area contributed by atoms with Crippen LogP contribution in [0.5, 0.6) is 0 Å². The molecule has 2 aromatic rings. The number of carbonyl (C=O) groups is 1. The van der Waals surface area contributed by atoms with Crippen molar-refractivity contribution >= 4 is 28.9 Å². The fourth-order valence-electron chi connectivity index (χ4n) is 3.56. The van der Waals surface area contributed by atoms with Crippen molar-refractivity contribution in [2.24, 2.45) is 0 Å². The highest BCUT2D eigenvalue weighted by atomic mass is 35.5. The third kappa shape index (κ3) is 5.93. The van der Waals surface area contributed by atoms with Gasteiger partial charge in [0, 0.05) is 41.1 Å². The summed E-state index contributed by atoms with van der Waals surface area (Å²) >= 11 is 6.15. The number of nitrogens with zero attached hydrogens (tertiary/aromatic N) is 1. The van der Waals surface area contributed by atoms with Crippen LogP contribution in [0.25, 0.3) is 0 Å². The van der Waals surface area contributed by atoms with E-state index in [1.807, 2.05) is 24.3 Å². The molecule has 0 radical (unpaired) electrons. The Morgan fingerprint density at radius 3 is 2.52 bits per heavy atom. The topological polar surface area (TPSA) is 84.8 Å². The van der Waals surface area contributed by atoms with Gasteiger partial charge < -0.3 is 20.8 Å². The fraction of sp³-hybridized carbons (Fsp3) is 0.409. The van der Waals surface area contributed by atoms with Gasteiger partial charge in [0.05, 0.1) is 19.3 Å². The van der Waals surface area contributed by atoms with Crippen molar-refractivity contribution in [3.05, 3.63) is 58.6 Å². The van der Waals surface area contributed by atoms with Crippen LogP contribution in [-0.4, -0.2) is 46.7 Å². The van der Waals surface area contributed by atoms with Crippen LogP contribution >= 0.6 is 11.6 Å². The second-order valence-corrected chi connectivity index (χ2v) is 7.87. The maximum atomic E-state index is 12.3. The molecule has 0 bridgehead atoms. The van der Waals surface area contributed by atoms with Crippen LogP contribution in [-0.2, 0) is 11.4 Å². The highest BCUT2D eigenvalue weighted by Gasteiger charge is 2.21. The lowest BCUT2D eigenvalue weighted by Gasteiger charge is -2.32. The van der Waals surface area contributed by atoms with Gasteiger partial charge in [0.15, 0.2) is 0 Å². The number of hydrogen-bond acceptors (Lipinski definition) is 5. The molecular formula is C22H28ClN3O3. The summed E-state index contributed by atoms with van der Waals surface area (Å²) in [6.07, 6.45) is 1.30. The Kier molecular flexibility index (Phi) is 7.50. The summed E-state index contributed by atoms with van der Waals surface area (Å²) in [6, 6.07) is 13.1. The molecule has 0 aromatic heterocycles. The Hall–Kier alpha value is -2.12. The Labute approximate surface area is 176 Å². The molecular weight excluding hydrogens is 390 g/mol. The molecule has 0 spiro atoms.